The molecule has 2 fully saturated rings. The summed E-state index contributed by atoms with van der Waals surface area (Å²) in [6.07, 6.45) is 6.01. The fraction of sp³-hybridized carbons (Fsp3) is 0.375. The number of carbonyl (C=O) groups is 1. The van der Waals surface area contributed by atoms with Gasteiger partial charge in [0.25, 0.3) is 0 Å². The Labute approximate surface area is 170 Å². The number of benzene rings is 2. The molecular formula is C24H25ClN2O. The van der Waals surface area contributed by atoms with Crippen molar-refractivity contribution >= 4 is 28.3 Å². The van der Waals surface area contributed by atoms with Gasteiger partial charge in [-0.3, -0.25) is 9.69 Å². The first-order chi connectivity index (χ1) is 13.7. The Bertz CT molecular complexity index is 1010. The van der Waals surface area contributed by atoms with E-state index in [0.29, 0.717) is 12.5 Å². The van der Waals surface area contributed by atoms with Crippen molar-refractivity contribution < 1.29 is 4.79 Å². The van der Waals surface area contributed by atoms with Crippen LogP contribution in [-0.4, -0.2) is 34.9 Å². The molecule has 0 atom stereocenters. The van der Waals surface area contributed by atoms with E-state index in [4.69, 9.17) is 11.6 Å². The fourth-order valence-electron chi connectivity index (χ4n) is 4.56. The second-order valence-corrected chi connectivity index (χ2v) is 8.56. The maximum Gasteiger partial charge on any atom is 0.179 e. The van der Waals surface area contributed by atoms with Gasteiger partial charge in [0.1, 0.15) is 0 Å². The lowest BCUT2D eigenvalue weighted by Gasteiger charge is -2.25. The van der Waals surface area contributed by atoms with Crippen molar-refractivity contribution in [2.24, 2.45) is 0 Å². The average molecular weight is 393 g/mol. The number of fused-ring (bicyclic) bond motifs is 1. The smallest absolute Gasteiger partial charge is 0.179 e. The Morgan fingerprint density at radius 2 is 1.68 bits per heavy atom. The van der Waals surface area contributed by atoms with E-state index >= 15 is 0 Å². The van der Waals surface area contributed by atoms with Crippen LogP contribution >= 0.6 is 11.6 Å². The highest BCUT2D eigenvalue weighted by Gasteiger charge is 2.34. The van der Waals surface area contributed by atoms with E-state index in [0.717, 1.165) is 53.1 Å². The maximum absolute atomic E-state index is 13.5. The fourth-order valence-corrected chi connectivity index (χ4v) is 4.69. The summed E-state index contributed by atoms with van der Waals surface area (Å²) in [5, 5.41) is 1.82. The lowest BCUT2D eigenvalue weighted by atomic mass is 10.0. The second kappa shape index (κ2) is 7.38. The number of aromatic nitrogens is 1. The lowest BCUT2D eigenvalue weighted by molar-refractivity contribution is 0.0916. The SMILES string of the molecule is O=C(CN1CCCCC1)c1c(C2CC2)n(-c2ccc(Cl)cc2)c2ccccc12. The van der Waals surface area contributed by atoms with Crippen molar-refractivity contribution in [1.82, 2.24) is 9.47 Å². The number of halogens is 1. The predicted molar refractivity (Wildman–Crippen MR) is 115 cm³/mol. The molecule has 1 aliphatic carbocycles. The lowest BCUT2D eigenvalue weighted by Crippen LogP contribution is -2.34. The number of Topliss-reactive ketones (excluding diaryl/α,β-unsaturated/α-hetero) is 1. The molecule has 1 saturated heterocycles. The number of nitrogens with zero attached hydrogens (tertiary/aromatic N) is 2. The summed E-state index contributed by atoms with van der Waals surface area (Å²) in [6.45, 7) is 2.62. The van der Waals surface area contributed by atoms with Gasteiger partial charge in [-0.05, 0) is 69.1 Å². The minimum Gasteiger partial charge on any atom is -0.313 e. The summed E-state index contributed by atoms with van der Waals surface area (Å²) in [7, 11) is 0. The van der Waals surface area contributed by atoms with Gasteiger partial charge in [0.15, 0.2) is 5.78 Å². The summed E-state index contributed by atoms with van der Waals surface area (Å²) in [5.41, 5.74) is 4.34. The van der Waals surface area contributed by atoms with Gasteiger partial charge >= 0.3 is 0 Å². The van der Waals surface area contributed by atoms with Gasteiger partial charge in [-0.15, -0.1) is 0 Å². The third kappa shape index (κ3) is 3.27. The van der Waals surface area contributed by atoms with E-state index < -0.39 is 0 Å². The van der Waals surface area contributed by atoms with Gasteiger partial charge in [-0.2, -0.15) is 0 Å². The van der Waals surface area contributed by atoms with Gasteiger partial charge in [0, 0.05) is 33.3 Å². The molecule has 2 aliphatic rings. The van der Waals surface area contributed by atoms with Crippen LogP contribution < -0.4 is 0 Å². The number of likely N-dealkylation sites (tertiary alicyclic amines) is 1. The summed E-state index contributed by atoms with van der Waals surface area (Å²) >= 11 is 6.13. The highest BCUT2D eigenvalue weighted by atomic mass is 35.5. The number of carbonyl (C=O) groups excluding carboxylic acids is 1. The van der Waals surface area contributed by atoms with Crippen molar-refractivity contribution in [2.45, 2.75) is 38.0 Å². The zero-order chi connectivity index (χ0) is 19.1. The van der Waals surface area contributed by atoms with Crippen LogP contribution in [0.1, 0.15) is 54.1 Å². The molecule has 144 valence electrons. The molecule has 1 aliphatic heterocycles. The molecule has 0 amide bonds. The first-order valence-corrected chi connectivity index (χ1v) is 10.7. The molecule has 2 aromatic carbocycles. The largest absolute Gasteiger partial charge is 0.313 e. The van der Waals surface area contributed by atoms with Crippen molar-refractivity contribution in [2.75, 3.05) is 19.6 Å². The standard InChI is InChI=1S/C24H25ClN2O/c25-18-10-12-19(13-11-18)27-21-7-3-2-6-20(21)23(24(27)17-8-9-17)22(28)16-26-14-4-1-5-15-26/h2-3,6-7,10-13,17H,1,4-5,8-9,14-16H2. The third-order valence-corrected chi connectivity index (χ3v) is 6.31. The van der Waals surface area contributed by atoms with Crippen LogP contribution in [0.4, 0.5) is 0 Å². The molecule has 0 unspecified atom stereocenters. The third-order valence-electron chi connectivity index (χ3n) is 6.05. The van der Waals surface area contributed by atoms with Gasteiger partial charge in [0.05, 0.1) is 12.1 Å². The summed E-state index contributed by atoms with van der Waals surface area (Å²) in [6, 6.07) is 16.3. The monoisotopic (exact) mass is 392 g/mol. The summed E-state index contributed by atoms with van der Waals surface area (Å²) in [4.78, 5) is 15.8. The predicted octanol–water partition coefficient (Wildman–Crippen LogP) is 5.83. The maximum atomic E-state index is 13.5. The van der Waals surface area contributed by atoms with Gasteiger partial charge in [-0.1, -0.05) is 36.2 Å². The molecule has 0 bridgehead atoms. The zero-order valence-corrected chi connectivity index (χ0v) is 16.8. The van der Waals surface area contributed by atoms with Crippen LogP contribution in [0.3, 0.4) is 0 Å². The first kappa shape index (κ1) is 18.0. The molecule has 1 aromatic heterocycles. The average Bonchev–Trinajstić information content (AvgIpc) is 3.50. The number of rotatable bonds is 5. The van der Waals surface area contributed by atoms with Crippen LogP contribution in [-0.2, 0) is 0 Å². The number of hydrogen-bond acceptors (Lipinski definition) is 2. The summed E-state index contributed by atoms with van der Waals surface area (Å²) < 4.78 is 2.30. The van der Waals surface area contributed by atoms with Crippen LogP contribution in [0.25, 0.3) is 16.6 Å². The Morgan fingerprint density at radius 3 is 2.39 bits per heavy atom. The van der Waals surface area contributed by atoms with Crippen LogP contribution in [0.2, 0.25) is 5.02 Å². The zero-order valence-electron chi connectivity index (χ0n) is 16.0. The highest BCUT2D eigenvalue weighted by Crippen LogP contribution is 2.46. The summed E-state index contributed by atoms with van der Waals surface area (Å²) in [5.74, 6) is 0.746. The molecule has 0 N–H and O–H groups in total. The molecule has 0 radical (unpaired) electrons. The molecular weight excluding hydrogens is 368 g/mol. The topological polar surface area (TPSA) is 25.2 Å². The van der Waals surface area contributed by atoms with Crippen LogP contribution in [0.15, 0.2) is 48.5 Å². The van der Waals surface area contributed by atoms with Crippen molar-refractivity contribution in [1.29, 1.82) is 0 Å². The van der Waals surface area contributed by atoms with Gasteiger partial charge in [-0.25, -0.2) is 0 Å². The minimum atomic E-state index is 0.271. The van der Waals surface area contributed by atoms with Crippen LogP contribution in [0.5, 0.6) is 0 Å². The minimum absolute atomic E-state index is 0.271. The normalized spacial score (nSPS) is 17.9. The Balaban J connectivity index is 1.65. The number of ketones is 1. The molecule has 0 spiro atoms. The van der Waals surface area contributed by atoms with E-state index in [1.165, 1.54) is 25.0 Å². The first-order valence-electron chi connectivity index (χ1n) is 10.4. The van der Waals surface area contributed by atoms with Crippen molar-refractivity contribution in [3.05, 3.63) is 64.8 Å². The number of hydrogen-bond donors (Lipinski definition) is 0. The molecule has 1 saturated carbocycles. The molecule has 2 heterocycles. The van der Waals surface area contributed by atoms with E-state index in [1.807, 2.05) is 18.2 Å². The van der Waals surface area contributed by atoms with Gasteiger partial charge in [0.2, 0.25) is 0 Å². The van der Waals surface area contributed by atoms with E-state index in [-0.39, 0.29) is 5.78 Å². The Hall–Kier alpha value is -2.10. The highest BCUT2D eigenvalue weighted by molar-refractivity contribution is 6.30. The van der Waals surface area contributed by atoms with Gasteiger partial charge < -0.3 is 4.57 Å². The number of para-hydroxylation sites is 1. The van der Waals surface area contributed by atoms with Crippen LogP contribution in [0, 0.1) is 0 Å². The molecule has 28 heavy (non-hydrogen) atoms. The second-order valence-electron chi connectivity index (χ2n) is 8.12. The molecule has 5 rings (SSSR count). The quantitative estimate of drug-likeness (QED) is 0.510. The molecule has 3 aromatic rings. The van der Waals surface area contributed by atoms with E-state index in [1.54, 1.807) is 0 Å². The Morgan fingerprint density at radius 1 is 0.964 bits per heavy atom. The van der Waals surface area contributed by atoms with Crippen molar-refractivity contribution in [3.63, 3.8) is 0 Å². The van der Waals surface area contributed by atoms with Crippen molar-refractivity contribution in [3.8, 4) is 5.69 Å². The van der Waals surface area contributed by atoms with E-state index in [9.17, 15) is 4.79 Å². The molecule has 4 heteroatoms. The Kier molecular flexibility index (Phi) is 4.73. The molecule has 3 nitrogen and oxygen atoms in total. The number of piperidine rings is 1. The van der Waals surface area contributed by atoms with E-state index in [2.05, 4.69) is 39.8 Å².